The van der Waals surface area contributed by atoms with Crippen LogP contribution in [0.1, 0.15) is 22.3 Å². The molecule has 2 nitrogen and oxygen atoms in total. The van der Waals surface area contributed by atoms with Crippen molar-refractivity contribution in [2.24, 2.45) is 0 Å². The molecular formula is C61H40N2. The molecule has 294 valence electrons. The first-order valence-corrected chi connectivity index (χ1v) is 21.7. The van der Waals surface area contributed by atoms with Gasteiger partial charge in [-0.05, 0) is 83.2 Å². The summed E-state index contributed by atoms with van der Waals surface area (Å²) in [6.07, 6.45) is 0. The van der Waals surface area contributed by atoms with Gasteiger partial charge in [-0.1, -0.05) is 237 Å². The van der Waals surface area contributed by atoms with Crippen LogP contribution in [0.3, 0.4) is 0 Å². The van der Waals surface area contributed by atoms with Crippen LogP contribution < -0.4 is 0 Å². The normalized spacial score (nSPS) is 12.6. The first kappa shape index (κ1) is 36.6. The maximum Gasteiger partial charge on any atom is 0.160 e. The van der Waals surface area contributed by atoms with Gasteiger partial charge in [0.2, 0.25) is 0 Å². The minimum Gasteiger partial charge on any atom is -0.228 e. The van der Waals surface area contributed by atoms with Gasteiger partial charge >= 0.3 is 0 Å². The highest BCUT2D eigenvalue weighted by Gasteiger charge is 2.46. The predicted molar refractivity (Wildman–Crippen MR) is 262 cm³/mol. The highest BCUT2D eigenvalue weighted by molar-refractivity contribution is 6.09. The van der Waals surface area contributed by atoms with Crippen molar-refractivity contribution in [3.8, 4) is 67.3 Å². The second-order valence-corrected chi connectivity index (χ2v) is 16.4. The van der Waals surface area contributed by atoms with E-state index in [1.54, 1.807) is 0 Å². The van der Waals surface area contributed by atoms with E-state index in [0.29, 0.717) is 5.82 Å². The lowest BCUT2D eigenvalue weighted by Crippen LogP contribution is -2.28. The average Bonchev–Trinajstić information content (AvgIpc) is 3.68. The average molecular weight is 801 g/mol. The summed E-state index contributed by atoms with van der Waals surface area (Å²) in [4.78, 5) is 10.7. The lowest BCUT2D eigenvalue weighted by atomic mass is 9.67. The number of rotatable bonds is 7. The summed E-state index contributed by atoms with van der Waals surface area (Å²) in [6, 6.07) is 87.7. The van der Waals surface area contributed by atoms with E-state index >= 15 is 0 Å². The van der Waals surface area contributed by atoms with Crippen LogP contribution >= 0.6 is 0 Å². The molecule has 0 saturated heterocycles. The van der Waals surface area contributed by atoms with E-state index < -0.39 is 5.41 Å². The van der Waals surface area contributed by atoms with Crippen molar-refractivity contribution in [2.45, 2.75) is 5.41 Å². The van der Waals surface area contributed by atoms with Gasteiger partial charge in [0.1, 0.15) is 0 Å². The van der Waals surface area contributed by atoms with Crippen molar-refractivity contribution in [3.63, 3.8) is 0 Å². The first-order valence-electron chi connectivity index (χ1n) is 21.7. The Morgan fingerprint density at radius 2 is 0.683 bits per heavy atom. The Balaban J connectivity index is 1.07. The lowest BCUT2D eigenvalue weighted by Gasteiger charge is -2.34. The standard InChI is InChI=1S/C61H40N2/c1-5-20-41(21-6-1)45-31-17-33-49-46(45)32-18-34-51(49)57-40-58(63-60(62-57)42-22-7-2-8-23-42)52-39-38-50(47-28-13-14-29-48(47)52)53-35-19-37-56-59(53)54-30-15-16-36-55(54)61(56,43-24-9-3-10-25-43)44-26-11-4-12-27-44/h1-40H. The van der Waals surface area contributed by atoms with E-state index in [1.807, 2.05) is 6.07 Å². The fourth-order valence-electron chi connectivity index (χ4n) is 10.3. The molecule has 2 heteroatoms. The third-order valence-corrected chi connectivity index (χ3v) is 13.0. The molecule has 0 atom stereocenters. The van der Waals surface area contributed by atoms with Crippen LogP contribution in [0.2, 0.25) is 0 Å². The Kier molecular flexibility index (Phi) is 8.76. The molecule has 0 saturated carbocycles. The van der Waals surface area contributed by atoms with Gasteiger partial charge in [-0.25, -0.2) is 9.97 Å². The molecule has 0 unspecified atom stereocenters. The molecule has 1 aliphatic carbocycles. The second-order valence-electron chi connectivity index (χ2n) is 16.4. The van der Waals surface area contributed by atoms with Gasteiger partial charge in [-0.2, -0.15) is 0 Å². The second kappa shape index (κ2) is 15.1. The molecule has 1 heterocycles. The van der Waals surface area contributed by atoms with Gasteiger partial charge in [0.15, 0.2) is 5.82 Å². The van der Waals surface area contributed by atoms with Crippen LogP contribution in [0, 0.1) is 0 Å². The third kappa shape index (κ3) is 5.87. The summed E-state index contributed by atoms with van der Waals surface area (Å²) in [5.41, 5.74) is 16.9. The molecule has 10 aromatic carbocycles. The molecule has 0 radical (unpaired) electrons. The quantitative estimate of drug-likeness (QED) is 0.160. The van der Waals surface area contributed by atoms with Crippen LogP contribution in [0.15, 0.2) is 243 Å². The number of nitrogens with zero attached hydrogens (tertiary/aromatic N) is 2. The summed E-state index contributed by atoms with van der Waals surface area (Å²) in [7, 11) is 0. The van der Waals surface area contributed by atoms with Gasteiger partial charge in [-0.15, -0.1) is 0 Å². The molecular weight excluding hydrogens is 761 g/mol. The molecule has 11 aromatic rings. The third-order valence-electron chi connectivity index (χ3n) is 13.0. The summed E-state index contributed by atoms with van der Waals surface area (Å²) in [5.74, 6) is 0.697. The van der Waals surface area contributed by atoms with Crippen molar-refractivity contribution in [2.75, 3.05) is 0 Å². The van der Waals surface area contributed by atoms with E-state index in [4.69, 9.17) is 9.97 Å². The van der Waals surface area contributed by atoms with E-state index in [-0.39, 0.29) is 0 Å². The van der Waals surface area contributed by atoms with Gasteiger partial charge in [-0.3, -0.25) is 0 Å². The van der Waals surface area contributed by atoms with Crippen LogP contribution in [0.4, 0.5) is 0 Å². The highest BCUT2D eigenvalue weighted by atomic mass is 14.9. The summed E-state index contributed by atoms with van der Waals surface area (Å²) in [5, 5.41) is 4.67. The van der Waals surface area contributed by atoms with Crippen LogP contribution in [0.25, 0.3) is 88.8 Å². The van der Waals surface area contributed by atoms with Gasteiger partial charge in [0, 0.05) is 16.7 Å². The van der Waals surface area contributed by atoms with Gasteiger partial charge in [0.05, 0.1) is 16.8 Å². The Morgan fingerprint density at radius 3 is 1.33 bits per heavy atom. The Bertz CT molecular complexity index is 3450. The Hall–Kier alpha value is -8.20. The van der Waals surface area contributed by atoms with Crippen molar-refractivity contribution in [3.05, 3.63) is 265 Å². The van der Waals surface area contributed by atoms with E-state index in [2.05, 4.69) is 237 Å². The zero-order valence-corrected chi connectivity index (χ0v) is 34.5. The number of aromatic nitrogens is 2. The number of benzene rings is 10. The molecule has 12 rings (SSSR count). The minimum atomic E-state index is -0.477. The zero-order chi connectivity index (χ0) is 41.7. The van der Waals surface area contributed by atoms with Crippen molar-refractivity contribution >= 4 is 21.5 Å². The molecule has 0 spiro atoms. The SMILES string of the molecule is c1ccc(-c2nc(-c3cccc4c(-c5ccccc5)cccc34)cc(-c3ccc(-c4cccc5c4-c4ccccc4C5(c4ccccc4)c4ccccc4)c4ccccc34)n2)cc1. The minimum absolute atomic E-state index is 0.477. The maximum absolute atomic E-state index is 5.36. The Morgan fingerprint density at radius 1 is 0.270 bits per heavy atom. The molecule has 1 aromatic heterocycles. The van der Waals surface area contributed by atoms with Crippen LogP contribution in [-0.4, -0.2) is 9.97 Å². The fraction of sp³-hybridized carbons (Fsp3) is 0.0164. The molecule has 0 bridgehead atoms. The first-order chi connectivity index (χ1) is 31.3. The number of hydrogen-bond donors (Lipinski definition) is 0. The monoisotopic (exact) mass is 800 g/mol. The van der Waals surface area contributed by atoms with Crippen molar-refractivity contribution < 1.29 is 0 Å². The zero-order valence-electron chi connectivity index (χ0n) is 34.5. The van der Waals surface area contributed by atoms with Crippen LogP contribution in [-0.2, 0) is 5.41 Å². The van der Waals surface area contributed by atoms with E-state index in [9.17, 15) is 0 Å². The summed E-state index contributed by atoms with van der Waals surface area (Å²) in [6.45, 7) is 0. The highest BCUT2D eigenvalue weighted by Crippen LogP contribution is 2.58. The summed E-state index contributed by atoms with van der Waals surface area (Å²) < 4.78 is 0. The maximum atomic E-state index is 5.36. The molecule has 0 aliphatic heterocycles. The Labute approximate surface area is 367 Å². The molecule has 1 aliphatic rings. The number of fused-ring (bicyclic) bond motifs is 5. The van der Waals surface area contributed by atoms with Gasteiger partial charge < -0.3 is 0 Å². The smallest absolute Gasteiger partial charge is 0.160 e. The van der Waals surface area contributed by atoms with E-state index in [0.717, 1.165) is 38.9 Å². The van der Waals surface area contributed by atoms with Crippen LogP contribution in [0.5, 0.6) is 0 Å². The predicted octanol–water partition coefficient (Wildman–Crippen LogP) is 15.5. The van der Waals surface area contributed by atoms with E-state index in [1.165, 1.54) is 66.4 Å². The molecule has 0 amide bonds. The number of hydrogen-bond acceptors (Lipinski definition) is 2. The van der Waals surface area contributed by atoms with Crippen molar-refractivity contribution in [1.82, 2.24) is 9.97 Å². The lowest BCUT2D eigenvalue weighted by molar-refractivity contribution is 0.768. The van der Waals surface area contributed by atoms with Gasteiger partial charge in [0.25, 0.3) is 0 Å². The summed E-state index contributed by atoms with van der Waals surface area (Å²) >= 11 is 0. The fourth-order valence-corrected chi connectivity index (χ4v) is 10.3. The molecule has 0 fully saturated rings. The largest absolute Gasteiger partial charge is 0.228 e. The molecule has 63 heavy (non-hydrogen) atoms. The topological polar surface area (TPSA) is 25.8 Å². The molecule has 0 N–H and O–H groups in total. The van der Waals surface area contributed by atoms with Crippen molar-refractivity contribution in [1.29, 1.82) is 0 Å².